The number of carbonyl (C=O) groups excluding carboxylic acids is 3. The minimum absolute atomic E-state index is 0.0588. The lowest BCUT2D eigenvalue weighted by atomic mass is 10.2. The summed E-state index contributed by atoms with van der Waals surface area (Å²) in [5, 5.41) is 0. The van der Waals surface area contributed by atoms with Crippen LogP contribution in [-0.2, 0) is 32.0 Å². The van der Waals surface area contributed by atoms with Crippen LogP contribution >= 0.6 is 0 Å². The van der Waals surface area contributed by atoms with Crippen molar-refractivity contribution in [1.29, 1.82) is 0 Å². The van der Waals surface area contributed by atoms with Crippen molar-refractivity contribution in [3.63, 3.8) is 0 Å². The summed E-state index contributed by atoms with van der Waals surface area (Å²) in [7, 11) is 0. The van der Waals surface area contributed by atoms with E-state index in [4.69, 9.17) is 9.47 Å². The Morgan fingerprint density at radius 1 is 0.828 bits per heavy atom. The molecule has 0 aliphatic carbocycles. The van der Waals surface area contributed by atoms with Crippen molar-refractivity contribution in [3.05, 3.63) is 65.7 Å². The van der Waals surface area contributed by atoms with E-state index < -0.39 is 17.8 Å². The monoisotopic (exact) mass is 398 g/mol. The fourth-order valence-electron chi connectivity index (χ4n) is 2.42. The van der Waals surface area contributed by atoms with Gasteiger partial charge in [0.05, 0.1) is 13.0 Å². The number of hydrogen-bond acceptors (Lipinski definition) is 5. The lowest BCUT2D eigenvalue weighted by molar-refractivity contribution is -0.145. The van der Waals surface area contributed by atoms with Crippen LogP contribution in [-0.4, -0.2) is 31.0 Å². The van der Waals surface area contributed by atoms with Gasteiger partial charge in [-0.15, -0.1) is 0 Å². The predicted molar refractivity (Wildman–Crippen MR) is 108 cm³/mol. The molecule has 0 atom stereocenters. The molecule has 2 amide bonds. The van der Waals surface area contributed by atoms with Gasteiger partial charge in [0.15, 0.2) is 6.61 Å². The molecule has 0 unspecified atom stereocenters. The smallest absolute Gasteiger partial charge is 0.306 e. The molecule has 2 N–H and O–H groups in total. The van der Waals surface area contributed by atoms with Crippen molar-refractivity contribution < 1.29 is 23.9 Å². The molecular formula is C22H26N2O5. The zero-order chi connectivity index (χ0) is 20.9. The first-order chi connectivity index (χ1) is 14.1. The minimum Gasteiger partial charge on any atom is -0.484 e. The molecule has 0 radical (unpaired) electrons. The van der Waals surface area contributed by atoms with E-state index in [1.165, 1.54) is 5.56 Å². The zero-order valence-corrected chi connectivity index (χ0v) is 16.5. The van der Waals surface area contributed by atoms with Crippen molar-refractivity contribution in [2.24, 2.45) is 0 Å². The Labute approximate surface area is 170 Å². The Hall–Kier alpha value is -3.35. The van der Waals surface area contributed by atoms with Gasteiger partial charge >= 0.3 is 5.97 Å². The summed E-state index contributed by atoms with van der Waals surface area (Å²) in [5.41, 5.74) is 6.74. The highest BCUT2D eigenvalue weighted by Gasteiger charge is 2.10. The highest BCUT2D eigenvalue weighted by Crippen LogP contribution is 2.12. The maximum absolute atomic E-state index is 11.7. The molecule has 0 aliphatic rings. The van der Waals surface area contributed by atoms with E-state index >= 15 is 0 Å². The number of hydrogen-bond donors (Lipinski definition) is 2. The van der Waals surface area contributed by atoms with E-state index in [1.54, 1.807) is 12.1 Å². The number of esters is 1. The molecule has 0 aromatic heterocycles. The van der Waals surface area contributed by atoms with Gasteiger partial charge in [-0.3, -0.25) is 25.2 Å². The van der Waals surface area contributed by atoms with Crippen LogP contribution in [0.4, 0.5) is 0 Å². The first kappa shape index (κ1) is 21.9. The maximum atomic E-state index is 11.7. The van der Waals surface area contributed by atoms with E-state index in [1.807, 2.05) is 42.5 Å². The lowest BCUT2D eigenvalue weighted by Crippen LogP contribution is -2.43. The molecule has 2 aromatic rings. The Morgan fingerprint density at radius 2 is 1.52 bits per heavy atom. The number of ether oxygens (including phenoxy) is 2. The second kappa shape index (κ2) is 12.2. The largest absolute Gasteiger partial charge is 0.484 e. The van der Waals surface area contributed by atoms with Crippen LogP contribution in [0.25, 0.3) is 0 Å². The standard InChI is InChI=1S/C22H26N2O5/c1-2-17-8-10-19(11-9-17)29-16-21(26)24-23-20(25)12-13-22(27)28-15-14-18-6-4-3-5-7-18/h3-11H,2,12-16H2,1H3,(H,23,25)(H,24,26). The average Bonchev–Trinajstić information content (AvgIpc) is 2.76. The summed E-state index contributed by atoms with van der Waals surface area (Å²) < 4.78 is 10.4. The molecule has 0 heterocycles. The molecule has 0 saturated heterocycles. The van der Waals surface area contributed by atoms with Crippen molar-refractivity contribution in [1.82, 2.24) is 10.9 Å². The third kappa shape index (κ3) is 8.92. The quantitative estimate of drug-likeness (QED) is 0.473. The van der Waals surface area contributed by atoms with Crippen LogP contribution < -0.4 is 15.6 Å². The Kier molecular flexibility index (Phi) is 9.21. The topological polar surface area (TPSA) is 93.7 Å². The molecule has 7 nitrogen and oxygen atoms in total. The van der Waals surface area contributed by atoms with E-state index in [9.17, 15) is 14.4 Å². The molecule has 0 aliphatic heterocycles. The van der Waals surface area contributed by atoms with Crippen LogP contribution in [0.5, 0.6) is 5.75 Å². The SMILES string of the molecule is CCc1ccc(OCC(=O)NNC(=O)CCC(=O)OCCc2ccccc2)cc1. The summed E-state index contributed by atoms with van der Waals surface area (Å²) in [6, 6.07) is 17.1. The van der Waals surface area contributed by atoms with Gasteiger partial charge in [0.1, 0.15) is 5.75 Å². The number of rotatable bonds is 10. The molecular weight excluding hydrogens is 372 g/mol. The molecule has 154 valence electrons. The summed E-state index contributed by atoms with van der Waals surface area (Å²) >= 11 is 0. The minimum atomic E-state index is -0.497. The summed E-state index contributed by atoms with van der Waals surface area (Å²) in [5.74, 6) is -0.864. The highest BCUT2D eigenvalue weighted by atomic mass is 16.5. The van der Waals surface area contributed by atoms with Crippen LogP contribution in [0, 0.1) is 0 Å². The number of carbonyl (C=O) groups is 3. The van der Waals surface area contributed by atoms with Gasteiger partial charge in [0, 0.05) is 12.8 Å². The molecule has 2 aromatic carbocycles. The number of benzene rings is 2. The van der Waals surface area contributed by atoms with Crippen molar-refractivity contribution in [2.45, 2.75) is 32.6 Å². The Bertz CT molecular complexity index is 791. The van der Waals surface area contributed by atoms with Gasteiger partial charge < -0.3 is 9.47 Å². The Balaban J connectivity index is 1.54. The molecule has 7 heteroatoms. The maximum Gasteiger partial charge on any atom is 0.306 e. The van der Waals surface area contributed by atoms with Crippen molar-refractivity contribution in [3.8, 4) is 5.75 Å². The van der Waals surface area contributed by atoms with Gasteiger partial charge in [-0.2, -0.15) is 0 Å². The number of amides is 2. The van der Waals surface area contributed by atoms with Gasteiger partial charge in [0.2, 0.25) is 5.91 Å². The second-order valence-electron chi connectivity index (χ2n) is 6.34. The van der Waals surface area contributed by atoms with Crippen molar-refractivity contribution >= 4 is 17.8 Å². The number of aryl methyl sites for hydroxylation is 1. The van der Waals surface area contributed by atoms with Crippen LogP contribution in [0.3, 0.4) is 0 Å². The fourth-order valence-corrected chi connectivity index (χ4v) is 2.42. The van der Waals surface area contributed by atoms with Crippen molar-refractivity contribution in [2.75, 3.05) is 13.2 Å². The van der Waals surface area contributed by atoms with E-state index in [0.29, 0.717) is 12.2 Å². The average molecular weight is 398 g/mol. The van der Waals surface area contributed by atoms with E-state index in [2.05, 4.69) is 17.8 Å². The zero-order valence-electron chi connectivity index (χ0n) is 16.5. The summed E-state index contributed by atoms with van der Waals surface area (Å²) in [4.78, 5) is 35.1. The van der Waals surface area contributed by atoms with E-state index in [-0.39, 0.29) is 26.1 Å². The first-order valence-electron chi connectivity index (χ1n) is 9.55. The normalized spacial score (nSPS) is 10.1. The second-order valence-corrected chi connectivity index (χ2v) is 6.34. The van der Waals surface area contributed by atoms with Gasteiger partial charge in [-0.25, -0.2) is 0 Å². The third-order valence-electron chi connectivity index (χ3n) is 4.10. The summed E-state index contributed by atoms with van der Waals surface area (Å²) in [6.07, 6.45) is 1.41. The number of nitrogens with one attached hydrogen (secondary N) is 2. The predicted octanol–water partition coefficient (Wildman–Crippen LogP) is 2.34. The lowest BCUT2D eigenvalue weighted by Gasteiger charge is -2.09. The molecule has 0 saturated carbocycles. The summed E-state index contributed by atoms with van der Waals surface area (Å²) in [6.45, 7) is 2.08. The van der Waals surface area contributed by atoms with Gasteiger partial charge in [0.25, 0.3) is 5.91 Å². The molecule has 2 rings (SSSR count). The first-order valence-corrected chi connectivity index (χ1v) is 9.55. The fraction of sp³-hybridized carbons (Fsp3) is 0.318. The van der Waals surface area contributed by atoms with Gasteiger partial charge in [-0.05, 0) is 29.7 Å². The number of hydrazine groups is 1. The molecule has 0 bridgehead atoms. The van der Waals surface area contributed by atoms with Crippen LogP contribution in [0.15, 0.2) is 54.6 Å². The third-order valence-corrected chi connectivity index (χ3v) is 4.10. The van der Waals surface area contributed by atoms with E-state index in [0.717, 1.165) is 12.0 Å². The molecule has 29 heavy (non-hydrogen) atoms. The molecule has 0 fully saturated rings. The highest BCUT2D eigenvalue weighted by molar-refractivity contribution is 5.84. The Morgan fingerprint density at radius 3 is 2.21 bits per heavy atom. The molecule has 0 spiro atoms. The van der Waals surface area contributed by atoms with Crippen LogP contribution in [0.1, 0.15) is 30.9 Å². The van der Waals surface area contributed by atoms with Crippen LogP contribution in [0.2, 0.25) is 0 Å². The van der Waals surface area contributed by atoms with Gasteiger partial charge in [-0.1, -0.05) is 49.4 Å².